The van der Waals surface area contributed by atoms with Crippen molar-refractivity contribution in [3.63, 3.8) is 0 Å². The average Bonchev–Trinajstić information content (AvgIpc) is 2.90. The Morgan fingerprint density at radius 2 is 2.04 bits per heavy atom. The Morgan fingerprint density at radius 3 is 2.68 bits per heavy atom. The van der Waals surface area contributed by atoms with Crippen LogP contribution in [0.25, 0.3) is 0 Å². The summed E-state index contributed by atoms with van der Waals surface area (Å²) in [7, 11) is -2.24. The first-order valence-corrected chi connectivity index (χ1v) is 9.07. The Hall–Kier alpha value is -2.58. The lowest BCUT2D eigenvalue weighted by atomic mass is 10.0. The second kappa shape index (κ2) is 6.73. The second-order valence-electron chi connectivity index (χ2n) is 5.75. The van der Waals surface area contributed by atoms with E-state index in [2.05, 4.69) is 4.72 Å². The SMILES string of the molecule is COc1cccc(Cc2ccc(N3CC(C=O)NS3(=O)=O)c(O)c2)c1. The minimum absolute atomic E-state index is 0.0470. The quantitative estimate of drug-likeness (QED) is 0.780. The van der Waals surface area contributed by atoms with Gasteiger partial charge in [-0.25, -0.2) is 0 Å². The molecule has 0 aromatic heterocycles. The Morgan fingerprint density at radius 1 is 1.28 bits per heavy atom. The van der Waals surface area contributed by atoms with E-state index in [9.17, 15) is 18.3 Å². The zero-order valence-electron chi connectivity index (χ0n) is 13.5. The maximum absolute atomic E-state index is 12.1. The lowest BCUT2D eigenvalue weighted by Gasteiger charge is -2.17. The Labute approximate surface area is 146 Å². The largest absolute Gasteiger partial charge is 0.506 e. The highest BCUT2D eigenvalue weighted by Crippen LogP contribution is 2.32. The number of phenolic OH excluding ortho intramolecular Hbond substituents is 1. The third kappa shape index (κ3) is 3.59. The number of hydrogen-bond acceptors (Lipinski definition) is 5. The minimum atomic E-state index is -3.83. The van der Waals surface area contributed by atoms with Crippen LogP contribution in [-0.2, 0) is 21.4 Å². The van der Waals surface area contributed by atoms with Gasteiger partial charge < -0.3 is 14.6 Å². The first kappa shape index (κ1) is 17.2. The van der Waals surface area contributed by atoms with Gasteiger partial charge in [0.1, 0.15) is 17.8 Å². The predicted molar refractivity (Wildman–Crippen MR) is 93.2 cm³/mol. The van der Waals surface area contributed by atoms with Crippen LogP contribution in [0.3, 0.4) is 0 Å². The molecule has 7 nitrogen and oxygen atoms in total. The summed E-state index contributed by atoms with van der Waals surface area (Å²) in [6.45, 7) is -0.0470. The van der Waals surface area contributed by atoms with Crippen molar-refractivity contribution >= 4 is 22.2 Å². The molecule has 132 valence electrons. The van der Waals surface area contributed by atoms with Gasteiger partial charge in [0.15, 0.2) is 0 Å². The van der Waals surface area contributed by atoms with Gasteiger partial charge in [-0.2, -0.15) is 13.1 Å². The molecule has 1 aliphatic heterocycles. The van der Waals surface area contributed by atoms with E-state index < -0.39 is 16.3 Å². The Kier molecular flexibility index (Phi) is 4.65. The van der Waals surface area contributed by atoms with Crippen molar-refractivity contribution in [3.05, 3.63) is 53.6 Å². The number of nitrogens with zero attached hydrogens (tertiary/aromatic N) is 1. The summed E-state index contributed by atoms with van der Waals surface area (Å²) in [4.78, 5) is 10.8. The lowest BCUT2D eigenvalue weighted by molar-refractivity contribution is -0.108. The molecule has 25 heavy (non-hydrogen) atoms. The lowest BCUT2D eigenvalue weighted by Crippen LogP contribution is -2.30. The molecule has 0 amide bonds. The molecule has 2 aromatic rings. The molecule has 3 rings (SSSR count). The van der Waals surface area contributed by atoms with Crippen molar-refractivity contribution < 1.29 is 23.1 Å². The van der Waals surface area contributed by atoms with Gasteiger partial charge in [0, 0.05) is 0 Å². The van der Waals surface area contributed by atoms with Gasteiger partial charge in [0.05, 0.1) is 25.4 Å². The minimum Gasteiger partial charge on any atom is -0.506 e. The van der Waals surface area contributed by atoms with Crippen molar-refractivity contribution in [2.75, 3.05) is 18.0 Å². The van der Waals surface area contributed by atoms with Gasteiger partial charge in [0.2, 0.25) is 0 Å². The number of rotatable bonds is 5. The highest BCUT2D eigenvalue weighted by Gasteiger charge is 2.36. The smallest absolute Gasteiger partial charge is 0.302 e. The van der Waals surface area contributed by atoms with Gasteiger partial charge in [-0.3, -0.25) is 4.31 Å². The summed E-state index contributed by atoms with van der Waals surface area (Å²) in [6.07, 6.45) is 1.10. The zero-order chi connectivity index (χ0) is 18.0. The van der Waals surface area contributed by atoms with Gasteiger partial charge in [-0.1, -0.05) is 18.2 Å². The van der Waals surface area contributed by atoms with Gasteiger partial charge in [0.25, 0.3) is 0 Å². The van der Waals surface area contributed by atoms with Crippen LogP contribution < -0.4 is 13.8 Å². The number of benzene rings is 2. The monoisotopic (exact) mass is 362 g/mol. The molecule has 1 unspecified atom stereocenters. The third-order valence-corrected chi connectivity index (χ3v) is 5.49. The number of hydrogen-bond donors (Lipinski definition) is 2. The van der Waals surface area contributed by atoms with E-state index in [0.29, 0.717) is 12.7 Å². The highest BCUT2D eigenvalue weighted by atomic mass is 32.2. The van der Waals surface area contributed by atoms with Crippen molar-refractivity contribution in [2.24, 2.45) is 0 Å². The number of phenols is 1. The number of nitrogens with one attached hydrogen (secondary N) is 1. The van der Waals surface area contributed by atoms with Gasteiger partial charge in [-0.15, -0.1) is 0 Å². The normalized spacial score (nSPS) is 18.9. The molecule has 0 saturated carbocycles. The summed E-state index contributed by atoms with van der Waals surface area (Å²) in [5, 5.41) is 10.3. The van der Waals surface area contributed by atoms with Crippen LogP contribution in [0.5, 0.6) is 11.5 Å². The molecule has 1 heterocycles. The Balaban J connectivity index is 1.85. The molecule has 1 atom stereocenters. The molecular weight excluding hydrogens is 344 g/mol. The van der Waals surface area contributed by atoms with E-state index in [4.69, 9.17) is 4.74 Å². The topological polar surface area (TPSA) is 95.9 Å². The van der Waals surface area contributed by atoms with Crippen LogP contribution in [0, 0.1) is 0 Å². The number of methoxy groups -OCH3 is 1. The van der Waals surface area contributed by atoms with E-state index in [1.54, 1.807) is 13.2 Å². The van der Waals surface area contributed by atoms with Gasteiger partial charge >= 0.3 is 10.2 Å². The number of ether oxygens (including phenoxy) is 1. The maximum Gasteiger partial charge on any atom is 0.302 e. The molecule has 1 fully saturated rings. The van der Waals surface area contributed by atoms with Crippen molar-refractivity contribution in [1.82, 2.24) is 4.72 Å². The van der Waals surface area contributed by atoms with E-state index >= 15 is 0 Å². The number of carbonyl (C=O) groups is 1. The zero-order valence-corrected chi connectivity index (χ0v) is 14.4. The molecule has 2 N–H and O–H groups in total. The first-order valence-electron chi connectivity index (χ1n) is 7.63. The molecule has 1 saturated heterocycles. The number of aromatic hydroxyl groups is 1. The van der Waals surface area contributed by atoms with Crippen LogP contribution in [-0.4, -0.2) is 39.5 Å². The van der Waals surface area contributed by atoms with Crippen molar-refractivity contribution in [1.29, 1.82) is 0 Å². The van der Waals surface area contributed by atoms with E-state index in [-0.39, 0.29) is 18.0 Å². The van der Waals surface area contributed by atoms with Crippen molar-refractivity contribution in [3.8, 4) is 11.5 Å². The maximum atomic E-state index is 12.1. The molecular formula is C17H18N2O5S. The van der Waals surface area contributed by atoms with Crippen molar-refractivity contribution in [2.45, 2.75) is 12.5 Å². The molecule has 0 aliphatic carbocycles. The first-order chi connectivity index (χ1) is 11.9. The molecule has 0 bridgehead atoms. The van der Waals surface area contributed by atoms with Crippen LogP contribution >= 0.6 is 0 Å². The summed E-state index contributed by atoms with van der Waals surface area (Å²) in [5.41, 5.74) is 1.97. The average molecular weight is 362 g/mol. The summed E-state index contributed by atoms with van der Waals surface area (Å²) < 4.78 is 32.5. The molecule has 1 aliphatic rings. The molecule has 0 spiro atoms. The number of carbonyl (C=O) groups excluding carboxylic acids is 1. The van der Waals surface area contributed by atoms with Crippen LogP contribution in [0.1, 0.15) is 11.1 Å². The fraction of sp³-hybridized carbons (Fsp3) is 0.235. The Bertz CT molecular complexity index is 898. The second-order valence-corrected chi connectivity index (χ2v) is 7.37. The van der Waals surface area contributed by atoms with E-state index in [1.807, 2.05) is 24.3 Å². The molecule has 8 heteroatoms. The van der Waals surface area contributed by atoms with Gasteiger partial charge in [-0.05, 0) is 41.8 Å². The van der Waals surface area contributed by atoms with Crippen LogP contribution in [0.15, 0.2) is 42.5 Å². The number of anilines is 1. The summed E-state index contributed by atoms with van der Waals surface area (Å²) in [5.74, 6) is 0.588. The predicted octanol–water partition coefficient (Wildman–Crippen LogP) is 1.21. The summed E-state index contributed by atoms with van der Waals surface area (Å²) >= 11 is 0. The molecule has 0 radical (unpaired) electrons. The molecule has 2 aromatic carbocycles. The summed E-state index contributed by atoms with van der Waals surface area (Å²) in [6, 6.07) is 11.6. The highest BCUT2D eigenvalue weighted by molar-refractivity contribution is 7.91. The standard InChI is InChI=1S/C17H18N2O5S/c1-24-15-4-2-3-12(8-15)7-13-5-6-16(17(21)9-13)19-10-14(11-20)18-25(19,22)23/h2-6,8-9,11,14,18,21H,7,10H2,1H3. The van der Waals surface area contributed by atoms with Crippen LogP contribution in [0.4, 0.5) is 5.69 Å². The van der Waals surface area contributed by atoms with E-state index in [1.165, 1.54) is 12.1 Å². The van der Waals surface area contributed by atoms with Crippen LogP contribution in [0.2, 0.25) is 0 Å². The third-order valence-electron chi connectivity index (χ3n) is 3.97. The fourth-order valence-corrected chi connectivity index (χ4v) is 4.19. The number of aldehydes is 1. The van der Waals surface area contributed by atoms with E-state index in [0.717, 1.165) is 21.2 Å². The fourth-order valence-electron chi connectivity index (χ4n) is 2.78.